The monoisotopic (exact) mass is 540 g/mol. The molecular formula is C26H32N6O5S. The molecule has 0 aliphatic carbocycles. The maximum Gasteiger partial charge on any atom is 0.240 e. The van der Waals surface area contributed by atoms with Gasteiger partial charge in [-0.05, 0) is 26.0 Å². The van der Waals surface area contributed by atoms with Crippen LogP contribution in [0.3, 0.4) is 0 Å². The van der Waals surface area contributed by atoms with Crippen molar-refractivity contribution in [3.63, 3.8) is 0 Å². The molecule has 2 atom stereocenters. The number of benzene rings is 1. The van der Waals surface area contributed by atoms with Gasteiger partial charge in [-0.3, -0.25) is 14.4 Å². The molecule has 0 spiro atoms. The highest BCUT2D eigenvalue weighted by atomic mass is 32.1. The van der Waals surface area contributed by atoms with Gasteiger partial charge in [0.25, 0.3) is 0 Å². The van der Waals surface area contributed by atoms with Gasteiger partial charge in [-0.2, -0.15) is 0 Å². The number of amides is 3. The first-order chi connectivity index (χ1) is 18.1. The van der Waals surface area contributed by atoms with E-state index in [4.69, 9.17) is 20.2 Å². The zero-order chi connectivity index (χ0) is 27.4. The van der Waals surface area contributed by atoms with Gasteiger partial charge in [-0.25, -0.2) is 9.97 Å². The summed E-state index contributed by atoms with van der Waals surface area (Å²) in [6.45, 7) is 5.85. The van der Waals surface area contributed by atoms with Crippen LogP contribution in [0.15, 0.2) is 29.6 Å². The lowest BCUT2D eigenvalue weighted by Gasteiger charge is -2.22. The lowest BCUT2D eigenvalue weighted by molar-refractivity contribution is -0.137. The summed E-state index contributed by atoms with van der Waals surface area (Å²) in [5.41, 5.74) is 7.61. The third kappa shape index (κ3) is 6.31. The number of ether oxygens (including phenoxy) is 2. The summed E-state index contributed by atoms with van der Waals surface area (Å²) in [5.74, 6) is 0.114. The van der Waals surface area contributed by atoms with Crippen molar-refractivity contribution in [3.8, 4) is 22.9 Å². The number of rotatable bonds is 10. The fraction of sp³-hybridized carbons (Fsp3) is 0.423. The van der Waals surface area contributed by atoms with Crippen LogP contribution in [0.25, 0.3) is 22.3 Å². The van der Waals surface area contributed by atoms with Crippen LogP contribution in [0.5, 0.6) is 11.5 Å². The third-order valence-corrected chi connectivity index (χ3v) is 6.85. The van der Waals surface area contributed by atoms with Crippen molar-refractivity contribution in [1.82, 2.24) is 20.2 Å². The zero-order valence-electron chi connectivity index (χ0n) is 21.8. The van der Waals surface area contributed by atoms with E-state index in [0.29, 0.717) is 28.4 Å². The highest BCUT2D eigenvalue weighted by Crippen LogP contribution is 2.35. The number of nitrogens with one attached hydrogen (secondary N) is 2. The third-order valence-electron chi connectivity index (χ3n) is 6.08. The number of aromatic nitrogens is 2. The normalized spacial score (nSPS) is 17.0. The molecule has 0 bridgehead atoms. The van der Waals surface area contributed by atoms with E-state index in [9.17, 15) is 14.4 Å². The number of hydrogen-bond acceptors (Lipinski definition) is 9. The van der Waals surface area contributed by atoms with E-state index in [1.807, 2.05) is 43.5 Å². The molecular weight excluding hydrogens is 508 g/mol. The van der Waals surface area contributed by atoms with Gasteiger partial charge >= 0.3 is 0 Å². The molecule has 2 aromatic heterocycles. The Labute approximate surface area is 224 Å². The Hall–Kier alpha value is -3.93. The number of methoxy groups -OCH3 is 1. The summed E-state index contributed by atoms with van der Waals surface area (Å²) in [5, 5.41) is 9.38. The van der Waals surface area contributed by atoms with Gasteiger partial charge in [0.1, 0.15) is 29.3 Å². The minimum atomic E-state index is -0.791. The van der Waals surface area contributed by atoms with E-state index >= 15 is 0 Å². The number of fused-ring (bicyclic) bond motifs is 1. The molecule has 0 unspecified atom stereocenters. The number of primary amides is 1. The molecule has 0 radical (unpaired) electrons. The average molecular weight is 541 g/mol. The molecule has 1 aliphatic heterocycles. The van der Waals surface area contributed by atoms with E-state index in [1.165, 1.54) is 23.2 Å². The number of carbonyl (C=O) groups excluding carboxylic acids is 3. The second kappa shape index (κ2) is 11.6. The Morgan fingerprint density at radius 3 is 2.68 bits per heavy atom. The van der Waals surface area contributed by atoms with Gasteiger partial charge in [0.2, 0.25) is 17.7 Å². The first-order valence-corrected chi connectivity index (χ1v) is 13.2. The van der Waals surface area contributed by atoms with Gasteiger partial charge in [-0.15, -0.1) is 11.3 Å². The van der Waals surface area contributed by atoms with Gasteiger partial charge < -0.3 is 30.7 Å². The van der Waals surface area contributed by atoms with Crippen LogP contribution in [0.2, 0.25) is 0 Å². The Morgan fingerprint density at radius 1 is 1.21 bits per heavy atom. The van der Waals surface area contributed by atoms with Crippen molar-refractivity contribution < 1.29 is 23.9 Å². The SMILES string of the molecule is COc1ccc2c(O[C@@H]3C[C@@H](C(N)=O)N(C(=O)CCNC(C)=O)C3)cc(-c3csc(NC(C)C)n3)nc2c1. The van der Waals surface area contributed by atoms with Crippen molar-refractivity contribution in [1.29, 1.82) is 0 Å². The van der Waals surface area contributed by atoms with Crippen LogP contribution in [0.1, 0.15) is 33.6 Å². The Kier molecular flexibility index (Phi) is 8.30. The van der Waals surface area contributed by atoms with Crippen molar-refractivity contribution in [2.75, 3.05) is 25.5 Å². The van der Waals surface area contributed by atoms with Crippen LogP contribution < -0.4 is 25.8 Å². The first-order valence-electron chi connectivity index (χ1n) is 12.4. The number of likely N-dealkylation sites (tertiary alicyclic amines) is 1. The molecule has 4 N–H and O–H groups in total. The topological polar surface area (TPSA) is 149 Å². The molecule has 38 heavy (non-hydrogen) atoms. The summed E-state index contributed by atoms with van der Waals surface area (Å²) < 4.78 is 11.8. The van der Waals surface area contributed by atoms with Crippen molar-refractivity contribution >= 4 is 45.1 Å². The molecule has 1 aliphatic rings. The minimum absolute atomic E-state index is 0.0643. The summed E-state index contributed by atoms with van der Waals surface area (Å²) in [6, 6.07) is 6.78. The Bertz CT molecular complexity index is 1340. The van der Waals surface area contributed by atoms with Gasteiger partial charge in [-0.1, -0.05) is 0 Å². The fourth-order valence-electron chi connectivity index (χ4n) is 4.33. The summed E-state index contributed by atoms with van der Waals surface area (Å²) >= 11 is 1.49. The summed E-state index contributed by atoms with van der Waals surface area (Å²) in [6.07, 6.45) is -0.142. The predicted octanol–water partition coefficient (Wildman–Crippen LogP) is 2.55. The Balaban J connectivity index is 1.62. The quantitative estimate of drug-likeness (QED) is 0.355. The molecule has 3 aromatic rings. The minimum Gasteiger partial charge on any atom is -0.497 e. The lowest BCUT2D eigenvalue weighted by atomic mass is 10.1. The number of nitrogens with two attached hydrogens (primary N) is 1. The van der Waals surface area contributed by atoms with Crippen molar-refractivity contribution in [2.24, 2.45) is 5.73 Å². The smallest absolute Gasteiger partial charge is 0.240 e. The number of pyridine rings is 1. The molecule has 3 amide bonds. The van der Waals surface area contributed by atoms with Gasteiger partial charge in [0.05, 0.1) is 24.9 Å². The number of anilines is 1. The molecule has 12 heteroatoms. The standard InChI is InChI=1S/C26H32N6O5S/c1-14(2)29-26-31-21(13-38-26)20-11-23(18-6-5-16(36-4)9-19(18)30-20)37-17-10-22(25(27)35)32(12-17)24(34)7-8-28-15(3)33/h5-6,9,11,13-14,17,22H,7-8,10,12H2,1-4H3,(H2,27,35)(H,28,33)(H,29,31)/t17-,22+/m1/s1. The maximum absolute atomic E-state index is 12.8. The van der Waals surface area contributed by atoms with Gasteiger partial charge in [0, 0.05) is 55.3 Å². The highest BCUT2D eigenvalue weighted by molar-refractivity contribution is 7.14. The molecule has 1 saturated heterocycles. The van der Waals surface area contributed by atoms with Gasteiger partial charge in [0.15, 0.2) is 5.13 Å². The maximum atomic E-state index is 12.8. The highest BCUT2D eigenvalue weighted by Gasteiger charge is 2.39. The number of carbonyl (C=O) groups is 3. The zero-order valence-corrected chi connectivity index (χ0v) is 22.6. The predicted molar refractivity (Wildman–Crippen MR) is 145 cm³/mol. The van der Waals surface area contributed by atoms with E-state index in [1.54, 1.807) is 7.11 Å². The lowest BCUT2D eigenvalue weighted by Crippen LogP contribution is -2.44. The molecule has 3 heterocycles. The summed E-state index contributed by atoms with van der Waals surface area (Å²) in [7, 11) is 1.59. The Morgan fingerprint density at radius 2 is 2.00 bits per heavy atom. The van der Waals surface area contributed by atoms with Crippen LogP contribution in [0, 0.1) is 0 Å². The van der Waals surface area contributed by atoms with Crippen molar-refractivity contribution in [3.05, 3.63) is 29.6 Å². The number of nitrogens with zero attached hydrogens (tertiary/aromatic N) is 3. The first kappa shape index (κ1) is 27.1. The molecule has 0 saturated carbocycles. The van der Waals surface area contributed by atoms with Crippen LogP contribution in [-0.2, 0) is 14.4 Å². The second-order valence-electron chi connectivity index (χ2n) is 9.40. The van der Waals surface area contributed by atoms with Crippen LogP contribution in [0.4, 0.5) is 5.13 Å². The van der Waals surface area contributed by atoms with E-state index in [-0.39, 0.29) is 43.8 Å². The van der Waals surface area contributed by atoms with E-state index < -0.39 is 18.1 Å². The van der Waals surface area contributed by atoms with Crippen molar-refractivity contribution in [2.45, 2.75) is 51.8 Å². The molecule has 4 rings (SSSR count). The van der Waals surface area contributed by atoms with Crippen LogP contribution in [-0.4, -0.2) is 71.0 Å². The van der Waals surface area contributed by atoms with E-state index in [0.717, 1.165) is 10.5 Å². The molecule has 1 aromatic carbocycles. The molecule has 11 nitrogen and oxygen atoms in total. The summed E-state index contributed by atoms with van der Waals surface area (Å²) in [4.78, 5) is 47.0. The average Bonchev–Trinajstić information content (AvgIpc) is 3.50. The number of thiazole rings is 1. The van der Waals surface area contributed by atoms with E-state index in [2.05, 4.69) is 15.6 Å². The second-order valence-corrected chi connectivity index (χ2v) is 10.3. The molecule has 1 fully saturated rings. The van der Waals surface area contributed by atoms with Crippen LogP contribution >= 0.6 is 11.3 Å². The largest absolute Gasteiger partial charge is 0.497 e. The molecule has 202 valence electrons. The fourth-order valence-corrected chi connectivity index (χ4v) is 5.18. The number of hydrogen-bond donors (Lipinski definition) is 3.